The molecule has 112 valence electrons. The van der Waals surface area contributed by atoms with Gasteiger partial charge in [-0.1, -0.05) is 13.8 Å². The molecule has 0 saturated carbocycles. The van der Waals surface area contributed by atoms with E-state index in [2.05, 4.69) is 29.0 Å². The lowest BCUT2D eigenvalue weighted by Crippen LogP contribution is -2.40. The SMILES string of the molecule is CC(C)C1CCN(CCNC(=O)Cn2ccnc2)CC1. The third-order valence-electron chi connectivity index (χ3n) is 4.21. The van der Waals surface area contributed by atoms with E-state index in [1.165, 1.54) is 25.9 Å². The third kappa shape index (κ3) is 4.63. The number of amides is 1. The van der Waals surface area contributed by atoms with Crippen molar-refractivity contribution in [1.29, 1.82) is 0 Å². The molecule has 2 heterocycles. The topological polar surface area (TPSA) is 50.2 Å². The first-order valence-electron chi connectivity index (χ1n) is 7.60. The van der Waals surface area contributed by atoms with Crippen molar-refractivity contribution < 1.29 is 4.79 Å². The maximum absolute atomic E-state index is 11.7. The second-order valence-corrected chi connectivity index (χ2v) is 6.01. The van der Waals surface area contributed by atoms with Gasteiger partial charge < -0.3 is 14.8 Å². The number of hydrogen-bond donors (Lipinski definition) is 1. The largest absolute Gasteiger partial charge is 0.353 e. The number of rotatable bonds is 6. The van der Waals surface area contributed by atoms with Gasteiger partial charge >= 0.3 is 0 Å². The Hall–Kier alpha value is -1.36. The zero-order valence-electron chi connectivity index (χ0n) is 12.6. The molecular weight excluding hydrogens is 252 g/mol. The molecule has 1 aliphatic heterocycles. The smallest absolute Gasteiger partial charge is 0.240 e. The maximum Gasteiger partial charge on any atom is 0.240 e. The van der Waals surface area contributed by atoms with E-state index in [9.17, 15) is 4.79 Å². The number of carbonyl (C=O) groups is 1. The average Bonchev–Trinajstić information content (AvgIpc) is 2.92. The second kappa shape index (κ2) is 7.43. The van der Waals surface area contributed by atoms with Gasteiger partial charge in [0.25, 0.3) is 0 Å². The second-order valence-electron chi connectivity index (χ2n) is 6.01. The number of aromatic nitrogens is 2. The molecule has 1 amide bonds. The Labute approximate surface area is 121 Å². The Morgan fingerprint density at radius 1 is 1.40 bits per heavy atom. The molecule has 1 aromatic rings. The van der Waals surface area contributed by atoms with Gasteiger partial charge in [-0.2, -0.15) is 0 Å². The van der Waals surface area contributed by atoms with E-state index >= 15 is 0 Å². The fourth-order valence-corrected chi connectivity index (χ4v) is 2.80. The molecular formula is C15H26N4O. The molecule has 1 aromatic heterocycles. The minimum atomic E-state index is 0.0556. The zero-order chi connectivity index (χ0) is 14.4. The number of piperidine rings is 1. The number of nitrogens with zero attached hydrogens (tertiary/aromatic N) is 3. The molecule has 1 saturated heterocycles. The predicted octanol–water partition coefficient (Wildman–Crippen LogP) is 1.37. The predicted molar refractivity (Wildman–Crippen MR) is 79.2 cm³/mol. The highest BCUT2D eigenvalue weighted by Crippen LogP contribution is 2.23. The van der Waals surface area contributed by atoms with Gasteiger partial charge in [-0.05, 0) is 37.8 Å². The molecule has 0 aliphatic carbocycles. The summed E-state index contributed by atoms with van der Waals surface area (Å²) >= 11 is 0. The molecule has 5 nitrogen and oxygen atoms in total. The number of nitrogens with one attached hydrogen (secondary N) is 1. The Morgan fingerprint density at radius 3 is 2.75 bits per heavy atom. The fourth-order valence-electron chi connectivity index (χ4n) is 2.80. The van der Waals surface area contributed by atoms with Crippen LogP contribution in [0.1, 0.15) is 26.7 Å². The Kier molecular flexibility index (Phi) is 5.59. The number of imidazole rings is 1. The van der Waals surface area contributed by atoms with Crippen LogP contribution in [-0.2, 0) is 11.3 Å². The molecule has 0 aromatic carbocycles. The monoisotopic (exact) mass is 278 g/mol. The quantitative estimate of drug-likeness (QED) is 0.855. The highest BCUT2D eigenvalue weighted by Gasteiger charge is 2.21. The van der Waals surface area contributed by atoms with Crippen LogP contribution < -0.4 is 5.32 Å². The summed E-state index contributed by atoms with van der Waals surface area (Å²) in [5.41, 5.74) is 0. The summed E-state index contributed by atoms with van der Waals surface area (Å²) in [6.45, 7) is 9.02. The molecule has 20 heavy (non-hydrogen) atoms. The summed E-state index contributed by atoms with van der Waals surface area (Å²) in [5.74, 6) is 1.73. The lowest BCUT2D eigenvalue weighted by molar-refractivity contribution is -0.121. The Bertz CT molecular complexity index is 394. The van der Waals surface area contributed by atoms with Crippen LogP contribution in [0.2, 0.25) is 0 Å². The summed E-state index contributed by atoms with van der Waals surface area (Å²) in [6, 6.07) is 0. The summed E-state index contributed by atoms with van der Waals surface area (Å²) in [4.78, 5) is 18.1. The third-order valence-corrected chi connectivity index (χ3v) is 4.21. The summed E-state index contributed by atoms with van der Waals surface area (Å²) < 4.78 is 1.78. The summed E-state index contributed by atoms with van der Waals surface area (Å²) in [6.07, 6.45) is 7.74. The number of carbonyl (C=O) groups excluding carboxylic acids is 1. The average molecular weight is 278 g/mol. The first-order valence-corrected chi connectivity index (χ1v) is 7.60. The van der Waals surface area contributed by atoms with Crippen molar-refractivity contribution in [3.05, 3.63) is 18.7 Å². The molecule has 0 spiro atoms. The van der Waals surface area contributed by atoms with E-state index in [-0.39, 0.29) is 5.91 Å². The van der Waals surface area contributed by atoms with Crippen LogP contribution in [0.15, 0.2) is 18.7 Å². The first-order chi connectivity index (χ1) is 9.65. The highest BCUT2D eigenvalue weighted by molar-refractivity contribution is 5.75. The molecule has 1 N–H and O–H groups in total. The van der Waals surface area contributed by atoms with Gasteiger partial charge in [0.2, 0.25) is 5.91 Å². The Morgan fingerprint density at radius 2 is 2.15 bits per heavy atom. The van der Waals surface area contributed by atoms with Crippen LogP contribution in [-0.4, -0.2) is 46.5 Å². The van der Waals surface area contributed by atoms with Crippen molar-refractivity contribution >= 4 is 5.91 Å². The van der Waals surface area contributed by atoms with E-state index < -0.39 is 0 Å². The van der Waals surface area contributed by atoms with Gasteiger partial charge in [-0.3, -0.25) is 4.79 Å². The minimum absolute atomic E-state index is 0.0556. The van der Waals surface area contributed by atoms with Gasteiger partial charge in [0.05, 0.1) is 6.33 Å². The van der Waals surface area contributed by atoms with Crippen LogP contribution in [0.3, 0.4) is 0 Å². The van der Waals surface area contributed by atoms with Crippen molar-refractivity contribution in [3.8, 4) is 0 Å². The van der Waals surface area contributed by atoms with Gasteiger partial charge in [0, 0.05) is 25.5 Å². The molecule has 5 heteroatoms. The lowest BCUT2D eigenvalue weighted by atomic mass is 9.87. The lowest BCUT2D eigenvalue weighted by Gasteiger charge is -2.33. The normalized spacial score (nSPS) is 17.6. The highest BCUT2D eigenvalue weighted by atomic mass is 16.1. The van der Waals surface area contributed by atoms with E-state index in [4.69, 9.17) is 0 Å². The molecule has 2 rings (SSSR count). The first kappa shape index (κ1) is 15.0. The fraction of sp³-hybridized carbons (Fsp3) is 0.733. The van der Waals surface area contributed by atoms with E-state index in [0.29, 0.717) is 6.54 Å². The van der Waals surface area contributed by atoms with Gasteiger partial charge in [0.1, 0.15) is 6.54 Å². The molecule has 0 radical (unpaired) electrons. The minimum Gasteiger partial charge on any atom is -0.353 e. The summed E-state index contributed by atoms with van der Waals surface area (Å²) in [5, 5.41) is 2.97. The van der Waals surface area contributed by atoms with Crippen molar-refractivity contribution in [2.24, 2.45) is 11.8 Å². The number of hydrogen-bond acceptors (Lipinski definition) is 3. The Balaban J connectivity index is 1.58. The van der Waals surface area contributed by atoms with Gasteiger partial charge in [0.15, 0.2) is 0 Å². The van der Waals surface area contributed by atoms with Gasteiger partial charge in [-0.25, -0.2) is 4.98 Å². The van der Waals surface area contributed by atoms with Crippen LogP contribution in [0.4, 0.5) is 0 Å². The van der Waals surface area contributed by atoms with Crippen molar-refractivity contribution in [2.45, 2.75) is 33.2 Å². The molecule has 0 atom stereocenters. The molecule has 1 aliphatic rings. The van der Waals surface area contributed by atoms with Crippen LogP contribution in [0.5, 0.6) is 0 Å². The van der Waals surface area contributed by atoms with Gasteiger partial charge in [-0.15, -0.1) is 0 Å². The van der Waals surface area contributed by atoms with Crippen LogP contribution in [0.25, 0.3) is 0 Å². The zero-order valence-corrected chi connectivity index (χ0v) is 12.6. The number of likely N-dealkylation sites (tertiary alicyclic amines) is 1. The van der Waals surface area contributed by atoms with Crippen LogP contribution >= 0.6 is 0 Å². The summed E-state index contributed by atoms with van der Waals surface area (Å²) in [7, 11) is 0. The molecule has 0 unspecified atom stereocenters. The van der Waals surface area contributed by atoms with Crippen molar-refractivity contribution in [3.63, 3.8) is 0 Å². The molecule has 1 fully saturated rings. The van der Waals surface area contributed by atoms with E-state index in [1.54, 1.807) is 23.3 Å². The van der Waals surface area contributed by atoms with E-state index in [0.717, 1.165) is 24.9 Å². The van der Waals surface area contributed by atoms with E-state index in [1.807, 2.05) is 0 Å². The van der Waals surface area contributed by atoms with Crippen molar-refractivity contribution in [1.82, 2.24) is 19.8 Å². The molecule has 0 bridgehead atoms. The van der Waals surface area contributed by atoms with Crippen molar-refractivity contribution in [2.75, 3.05) is 26.2 Å². The maximum atomic E-state index is 11.7. The van der Waals surface area contributed by atoms with Crippen LogP contribution in [0, 0.1) is 11.8 Å². The standard InChI is InChI=1S/C15H26N4O/c1-13(2)14-3-7-18(8-4-14)10-6-17-15(20)11-19-9-5-16-12-19/h5,9,12-14H,3-4,6-8,10-11H2,1-2H3,(H,17,20).